The first-order chi connectivity index (χ1) is 6.40. The molecule has 0 aliphatic carbocycles. The molecule has 1 aliphatic heterocycles. The van der Waals surface area contributed by atoms with E-state index in [2.05, 4.69) is 9.97 Å². The van der Waals surface area contributed by atoms with Crippen LogP contribution in [0.3, 0.4) is 0 Å². The van der Waals surface area contributed by atoms with E-state index in [1.807, 2.05) is 6.07 Å². The Bertz CT molecular complexity index is 284. The molecule has 2 rings (SSSR count). The van der Waals surface area contributed by atoms with Gasteiger partial charge in [-0.25, -0.2) is 9.97 Å². The van der Waals surface area contributed by atoms with Crippen LogP contribution in [0.25, 0.3) is 0 Å². The molecule has 0 bridgehead atoms. The van der Waals surface area contributed by atoms with Gasteiger partial charge in [0.05, 0.1) is 5.69 Å². The molecule has 0 aromatic carbocycles. The van der Waals surface area contributed by atoms with Crippen molar-refractivity contribution in [2.24, 2.45) is 5.73 Å². The third-order valence-corrected chi connectivity index (χ3v) is 2.16. The Hall–Kier alpha value is -1.00. The van der Waals surface area contributed by atoms with Gasteiger partial charge in [-0.05, 0) is 18.9 Å². The van der Waals surface area contributed by atoms with Gasteiger partial charge >= 0.3 is 0 Å². The van der Waals surface area contributed by atoms with Gasteiger partial charge in [0.25, 0.3) is 0 Å². The largest absolute Gasteiger partial charge is 0.370 e. The zero-order valence-corrected chi connectivity index (χ0v) is 7.44. The van der Waals surface area contributed by atoms with Crippen molar-refractivity contribution in [3.05, 3.63) is 23.8 Å². The zero-order chi connectivity index (χ0) is 9.10. The van der Waals surface area contributed by atoms with Gasteiger partial charge in [-0.15, -0.1) is 0 Å². The van der Waals surface area contributed by atoms with E-state index in [-0.39, 0.29) is 6.10 Å². The highest BCUT2D eigenvalue weighted by molar-refractivity contribution is 5.04. The zero-order valence-electron chi connectivity index (χ0n) is 7.44. The summed E-state index contributed by atoms with van der Waals surface area (Å²) in [4.78, 5) is 8.49. The van der Waals surface area contributed by atoms with Gasteiger partial charge in [0.15, 0.2) is 5.82 Å². The highest BCUT2D eigenvalue weighted by atomic mass is 16.5. The minimum atomic E-state index is 0.0894. The number of nitrogens with zero attached hydrogens (tertiary/aromatic N) is 2. The van der Waals surface area contributed by atoms with Crippen LogP contribution in [0.5, 0.6) is 0 Å². The van der Waals surface area contributed by atoms with E-state index >= 15 is 0 Å². The lowest BCUT2D eigenvalue weighted by molar-refractivity contribution is 0.105. The Balaban J connectivity index is 2.18. The lowest BCUT2D eigenvalue weighted by Gasteiger charge is -2.07. The van der Waals surface area contributed by atoms with Crippen LogP contribution in [-0.4, -0.2) is 16.6 Å². The van der Waals surface area contributed by atoms with Crippen molar-refractivity contribution in [2.45, 2.75) is 25.5 Å². The molecule has 1 aromatic rings. The van der Waals surface area contributed by atoms with Gasteiger partial charge in [-0.2, -0.15) is 0 Å². The van der Waals surface area contributed by atoms with E-state index in [0.717, 1.165) is 31.0 Å². The van der Waals surface area contributed by atoms with E-state index in [1.54, 1.807) is 6.20 Å². The second-order valence-corrected chi connectivity index (χ2v) is 3.11. The summed E-state index contributed by atoms with van der Waals surface area (Å²) in [6.07, 6.45) is 3.95. The van der Waals surface area contributed by atoms with Crippen LogP contribution in [0.2, 0.25) is 0 Å². The van der Waals surface area contributed by atoms with Gasteiger partial charge in [-0.1, -0.05) is 0 Å². The standard InChI is InChI=1S/C9H13N3O/c10-6-7-3-4-11-9(12-7)8-2-1-5-13-8/h3-4,8H,1-2,5-6,10H2. The molecule has 13 heavy (non-hydrogen) atoms. The van der Waals surface area contributed by atoms with Gasteiger partial charge in [0.2, 0.25) is 0 Å². The van der Waals surface area contributed by atoms with Gasteiger partial charge in [-0.3, -0.25) is 0 Å². The number of rotatable bonds is 2. The van der Waals surface area contributed by atoms with E-state index in [4.69, 9.17) is 10.5 Å². The molecule has 0 saturated carbocycles. The quantitative estimate of drug-likeness (QED) is 0.729. The Labute approximate surface area is 77.1 Å². The first kappa shape index (κ1) is 8.59. The third kappa shape index (κ3) is 1.84. The summed E-state index contributed by atoms with van der Waals surface area (Å²) in [6, 6.07) is 1.83. The number of ether oxygens (including phenoxy) is 1. The molecular weight excluding hydrogens is 166 g/mol. The fourth-order valence-electron chi connectivity index (χ4n) is 1.46. The smallest absolute Gasteiger partial charge is 0.157 e. The molecule has 1 saturated heterocycles. The van der Waals surface area contributed by atoms with Crippen LogP contribution in [-0.2, 0) is 11.3 Å². The summed E-state index contributed by atoms with van der Waals surface area (Å²) in [6.45, 7) is 1.28. The van der Waals surface area contributed by atoms with Crippen LogP contribution in [0.1, 0.15) is 30.5 Å². The minimum absolute atomic E-state index is 0.0894. The molecule has 1 atom stereocenters. The summed E-state index contributed by atoms with van der Waals surface area (Å²) in [5.41, 5.74) is 6.36. The van der Waals surface area contributed by atoms with Crippen molar-refractivity contribution < 1.29 is 4.74 Å². The van der Waals surface area contributed by atoms with Crippen LogP contribution >= 0.6 is 0 Å². The molecule has 70 valence electrons. The third-order valence-electron chi connectivity index (χ3n) is 2.16. The van der Waals surface area contributed by atoms with E-state index in [0.29, 0.717) is 6.54 Å². The Morgan fingerprint density at radius 2 is 2.54 bits per heavy atom. The first-order valence-corrected chi connectivity index (χ1v) is 4.53. The molecule has 0 radical (unpaired) electrons. The van der Waals surface area contributed by atoms with Gasteiger partial charge < -0.3 is 10.5 Å². The van der Waals surface area contributed by atoms with Crippen LogP contribution in [0.4, 0.5) is 0 Å². The summed E-state index contributed by atoms with van der Waals surface area (Å²) < 4.78 is 5.47. The van der Waals surface area contributed by atoms with Crippen LogP contribution in [0.15, 0.2) is 12.3 Å². The predicted octanol–water partition coefficient (Wildman–Crippen LogP) is 0.787. The molecule has 4 heteroatoms. The van der Waals surface area contributed by atoms with Gasteiger partial charge in [0.1, 0.15) is 6.10 Å². The average Bonchev–Trinajstić information content (AvgIpc) is 2.71. The SMILES string of the molecule is NCc1ccnc(C2CCCO2)n1. The lowest BCUT2D eigenvalue weighted by atomic mass is 10.2. The lowest BCUT2D eigenvalue weighted by Crippen LogP contribution is -2.07. The molecular formula is C9H13N3O. The summed E-state index contributed by atoms with van der Waals surface area (Å²) in [7, 11) is 0. The molecule has 1 aliphatic rings. The molecule has 0 amide bonds. The first-order valence-electron chi connectivity index (χ1n) is 4.53. The second kappa shape index (κ2) is 3.81. The maximum atomic E-state index is 5.49. The summed E-state index contributed by atoms with van der Waals surface area (Å²) in [5, 5.41) is 0. The molecule has 2 heterocycles. The van der Waals surface area contributed by atoms with Crippen molar-refractivity contribution in [2.75, 3.05) is 6.61 Å². The van der Waals surface area contributed by atoms with Crippen molar-refractivity contribution >= 4 is 0 Å². The number of hydrogen-bond acceptors (Lipinski definition) is 4. The molecule has 1 unspecified atom stereocenters. The molecule has 2 N–H and O–H groups in total. The maximum Gasteiger partial charge on any atom is 0.157 e. The van der Waals surface area contributed by atoms with Crippen LogP contribution < -0.4 is 5.73 Å². The Kier molecular flexibility index (Phi) is 2.52. The summed E-state index contributed by atoms with van der Waals surface area (Å²) in [5.74, 6) is 0.778. The van der Waals surface area contributed by atoms with Crippen molar-refractivity contribution in [3.8, 4) is 0 Å². The van der Waals surface area contributed by atoms with E-state index in [9.17, 15) is 0 Å². The number of hydrogen-bond donors (Lipinski definition) is 1. The van der Waals surface area contributed by atoms with E-state index < -0.39 is 0 Å². The topological polar surface area (TPSA) is 61.0 Å². The Morgan fingerprint density at radius 3 is 3.23 bits per heavy atom. The fraction of sp³-hybridized carbons (Fsp3) is 0.556. The number of nitrogens with two attached hydrogens (primary N) is 1. The van der Waals surface area contributed by atoms with Crippen molar-refractivity contribution in [1.29, 1.82) is 0 Å². The predicted molar refractivity (Wildman–Crippen MR) is 47.9 cm³/mol. The minimum Gasteiger partial charge on any atom is -0.370 e. The Morgan fingerprint density at radius 1 is 1.62 bits per heavy atom. The normalized spacial score (nSPS) is 22.1. The second-order valence-electron chi connectivity index (χ2n) is 3.11. The average molecular weight is 179 g/mol. The van der Waals surface area contributed by atoms with Gasteiger partial charge in [0, 0.05) is 19.3 Å². The van der Waals surface area contributed by atoms with Crippen molar-refractivity contribution in [1.82, 2.24) is 9.97 Å². The molecule has 1 aromatic heterocycles. The number of aromatic nitrogens is 2. The van der Waals surface area contributed by atoms with Crippen LogP contribution in [0, 0.1) is 0 Å². The molecule has 1 fully saturated rings. The summed E-state index contributed by atoms with van der Waals surface area (Å²) >= 11 is 0. The van der Waals surface area contributed by atoms with E-state index in [1.165, 1.54) is 0 Å². The van der Waals surface area contributed by atoms with Crippen molar-refractivity contribution in [3.63, 3.8) is 0 Å². The maximum absolute atomic E-state index is 5.49. The molecule has 4 nitrogen and oxygen atoms in total. The molecule has 0 spiro atoms. The monoisotopic (exact) mass is 179 g/mol. The highest BCUT2D eigenvalue weighted by Gasteiger charge is 2.20. The highest BCUT2D eigenvalue weighted by Crippen LogP contribution is 2.25. The fourth-order valence-corrected chi connectivity index (χ4v) is 1.46.